The molecule has 0 radical (unpaired) electrons. The van der Waals surface area contributed by atoms with E-state index < -0.39 is 11.5 Å². The molecule has 176 valence electrons. The highest BCUT2D eigenvalue weighted by molar-refractivity contribution is 5.40. The van der Waals surface area contributed by atoms with Gasteiger partial charge in [0.05, 0.1) is 13.7 Å². The molecular weight excluding hydrogens is 428 g/mol. The Bertz CT molecular complexity index is 1030. The standard InChI is InChI=1S/C25H28O8/c1-27-16-30-15-20-21(26)23(31-14-18-10-6-4-7-11-18)24(33-25(20)29-3)22(32-17-28-2)19-12-8-5-9-13-19/h4-13,22H,14-17H2,1-3H3. The summed E-state index contributed by atoms with van der Waals surface area (Å²) >= 11 is 0. The van der Waals surface area contributed by atoms with E-state index in [1.807, 2.05) is 60.7 Å². The van der Waals surface area contributed by atoms with E-state index in [0.29, 0.717) is 0 Å². The van der Waals surface area contributed by atoms with E-state index in [-0.39, 0.29) is 49.8 Å². The number of ether oxygens (including phenoxy) is 6. The van der Waals surface area contributed by atoms with Crippen LogP contribution >= 0.6 is 0 Å². The predicted molar refractivity (Wildman–Crippen MR) is 120 cm³/mol. The van der Waals surface area contributed by atoms with Crippen molar-refractivity contribution in [3.8, 4) is 11.7 Å². The second-order valence-electron chi connectivity index (χ2n) is 6.99. The van der Waals surface area contributed by atoms with Crippen molar-refractivity contribution < 1.29 is 32.8 Å². The van der Waals surface area contributed by atoms with E-state index in [0.717, 1.165) is 11.1 Å². The Labute approximate surface area is 192 Å². The summed E-state index contributed by atoms with van der Waals surface area (Å²) in [4.78, 5) is 13.5. The van der Waals surface area contributed by atoms with E-state index >= 15 is 0 Å². The number of rotatable bonds is 13. The Morgan fingerprint density at radius 2 is 1.52 bits per heavy atom. The van der Waals surface area contributed by atoms with E-state index in [9.17, 15) is 4.79 Å². The zero-order chi connectivity index (χ0) is 23.5. The Kier molecular flexibility index (Phi) is 9.46. The maximum atomic E-state index is 13.5. The van der Waals surface area contributed by atoms with Gasteiger partial charge in [-0.3, -0.25) is 4.79 Å². The number of hydrogen-bond donors (Lipinski definition) is 0. The first kappa shape index (κ1) is 24.5. The second kappa shape index (κ2) is 12.8. The molecule has 2 aromatic carbocycles. The first-order valence-corrected chi connectivity index (χ1v) is 10.3. The fourth-order valence-corrected chi connectivity index (χ4v) is 3.19. The molecule has 3 rings (SSSR count). The Balaban J connectivity index is 2.10. The van der Waals surface area contributed by atoms with Gasteiger partial charge in [-0.15, -0.1) is 0 Å². The molecule has 0 N–H and O–H groups in total. The first-order chi connectivity index (χ1) is 16.2. The molecule has 0 aliphatic heterocycles. The molecule has 0 amide bonds. The maximum absolute atomic E-state index is 13.5. The van der Waals surface area contributed by atoms with Gasteiger partial charge in [-0.1, -0.05) is 60.7 Å². The quantitative estimate of drug-likeness (QED) is 0.281. The van der Waals surface area contributed by atoms with Gasteiger partial charge in [-0.05, 0) is 11.1 Å². The topological polar surface area (TPSA) is 85.6 Å². The third-order valence-electron chi connectivity index (χ3n) is 4.71. The fraction of sp³-hybridized carbons (Fsp3) is 0.320. The molecule has 0 saturated carbocycles. The van der Waals surface area contributed by atoms with Crippen LogP contribution in [-0.2, 0) is 32.2 Å². The van der Waals surface area contributed by atoms with Crippen LogP contribution < -0.4 is 14.9 Å². The van der Waals surface area contributed by atoms with Crippen LogP contribution in [0.15, 0.2) is 69.9 Å². The zero-order valence-electron chi connectivity index (χ0n) is 18.9. The van der Waals surface area contributed by atoms with Gasteiger partial charge in [-0.25, -0.2) is 0 Å². The van der Waals surface area contributed by atoms with Crippen molar-refractivity contribution in [3.63, 3.8) is 0 Å². The maximum Gasteiger partial charge on any atom is 0.294 e. The highest BCUT2D eigenvalue weighted by Gasteiger charge is 2.29. The molecule has 0 spiro atoms. The lowest BCUT2D eigenvalue weighted by Crippen LogP contribution is -2.21. The third kappa shape index (κ3) is 6.43. The van der Waals surface area contributed by atoms with Crippen LogP contribution in [0.1, 0.15) is 28.6 Å². The summed E-state index contributed by atoms with van der Waals surface area (Å²) in [6.45, 7) is 0.0713. The fourth-order valence-electron chi connectivity index (χ4n) is 3.19. The van der Waals surface area contributed by atoms with Crippen LogP contribution in [-0.4, -0.2) is 34.9 Å². The van der Waals surface area contributed by atoms with Gasteiger partial charge >= 0.3 is 0 Å². The summed E-state index contributed by atoms with van der Waals surface area (Å²) in [5, 5.41) is 0. The largest absolute Gasteiger partial charge is 0.482 e. The lowest BCUT2D eigenvalue weighted by molar-refractivity contribution is -0.0676. The lowest BCUT2D eigenvalue weighted by atomic mass is 10.1. The monoisotopic (exact) mass is 456 g/mol. The van der Waals surface area contributed by atoms with Crippen LogP contribution in [0.25, 0.3) is 0 Å². The average Bonchev–Trinajstić information content (AvgIpc) is 2.86. The highest BCUT2D eigenvalue weighted by Crippen LogP contribution is 2.35. The van der Waals surface area contributed by atoms with Crippen LogP contribution in [0.5, 0.6) is 11.7 Å². The van der Waals surface area contributed by atoms with Crippen LogP contribution in [0, 0.1) is 0 Å². The molecular formula is C25H28O8. The van der Waals surface area contributed by atoms with E-state index in [1.54, 1.807) is 0 Å². The predicted octanol–water partition coefficient (Wildman–Crippen LogP) is 4.06. The van der Waals surface area contributed by atoms with Gasteiger partial charge in [-0.2, -0.15) is 0 Å². The molecule has 0 fully saturated rings. The van der Waals surface area contributed by atoms with Crippen molar-refractivity contribution in [1.29, 1.82) is 0 Å². The number of methoxy groups -OCH3 is 3. The van der Waals surface area contributed by atoms with Gasteiger partial charge in [0.2, 0.25) is 11.2 Å². The Hall–Kier alpha value is -3.17. The van der Waals surface area contributed by atoms with E-state index in [4.69, 9.17) is 32.8 Å². The molecule has 0 bridgehead atoms. The molecule has 1 aromatic heterocycles. The zero-order valence-corrected chi connectivity index (χ0v) is 18.9. The minimum atomic E-state index is -0.771. The van der Waals surface area contributed by atoms with Crippen LogP contribution in [0.2, 0.25) is 0 Å². The van der Waals surface area contributed by atoms with Crippen molar-refractivity contribution in [2.24, 2.45) is 0 Å². The number of hydrogen-bond acceptors (Lipinski definition) is 8. The summed E-state index contributed by atoms with van der Waals surface area (Å²) < 4.78 is 38.8. The third-order valence-corrected chi connectivity index (χ3v) is 4.71. The van der Waals surface area contributed by atoms with E-state index in [2.05, 4.69) is 0 Å². The summed E-state index contributed by atoms with van der Waals surface area (Å²) in [6.07, 6.45) is -0.771. The molecule has 33 heavy (non-hydrogen) atoms. The molecule has 0 saturated heterocycles. The molecule has 8 heteroatoms. The molecule has 1 atom stereocenters. The molecule has 3 aromatic rings. The lowest BCUT2D eigenvalue weighted by Gasteiger charge is -2.21. The van der Waals surface area contributed by atoms with Crippen molar-refractivity contribution >= 4 is 0 Å². The summed E-state index contributed by atoms with van der Waals surface area (Å²) in [5.41, 5.74) is 1.42. The van der Waals surface area contributed by atoms with Crippen molar-refractivity contribution in [1.82, 2.24) is 0 Å². The van der Waals surface area contributed by atoms with E-state index in [1.165, 1.54) is 21.3 Å². The molecule has 0 aliphatic carbocycles. The van der Waals surface area contributed by atoms with Crippen LogP contribution in [0.3, 0.4) is 0 Å². The molecule has 1 unspecified atom stereocenters. The van der Waals surface area contributed by atoms with Crippen molar-refractivity contribution in [2.75, 3.05) is 34.9 Å². The van der Waals surface area contributed by atoms with Gasteiger partial charge in [0.25, 0.3) is 5.95 Å². The Morgan fingerprint density at radius 1 is 0.848 bits per heavy atom. The van der Waals surface area contributed by atoms with Gasteiger partial charge in [0, 0.05) is 14.2 Å². The normalized spacial score (nSPS) is 11.8. The molecule has 8 nitrogen and oxygen atoms in total. The first-order valence-electron chi connectivity index (χ1n) is 10.3. The van der Waals surface area contributed by atoms with Gasteiger partial charge < -0.3 is 32.8 Å². The highest BCUT2D eigenvalue weighted by atomic mass is 16.7. The minimum Gasteiger partial charge on any atom is -0.482 e. The van der Waals surface area contributed by atoms with Crippen molar-refractivity contribution in [2.45, 2.75) is 19.3 Å². The minimum absolute atomic E-state index is 0.00808. The van der Waals surface area contributed by atoms with Crippen LogP contribution in [0.4, 0.5) is 0 Å². The van der Waals surface area contributed by atoms with Gasteiger partial charge in [0.1, 0.15) is 31.9 Å². The Morgan fingerprint density at radius 3 is 2.15 bits per heavy atom. The second-order valence-corrected chi connectivity index (χ2v) is 6.99. The number of benzene rings is 2. The smallest absolute Gasteiger partial charge is 0.294 e. The summed E-state index contributed by atoms with van der Waals surface area (Å²) in [5.74, 6) is 0.201. The van der Waals surface area contributed by atoms with Crippen molar-refractivity contribution in [3.05, 3.63) is 93.3 Å². The van der Waals surface area contributed by atoms with Gasteiger partial charge in [0.15, 0.2) is 5.76 Å². The average molecular weight is 456 g/mol. The summed E-state index contributed by atoms with van der Waals surface area (Å²) in [6, 6.07) is 18.9. The molecule has 0 aliphatic rings. The summed E-state index contributed by atoms with van der Waals surface area (Å²) in [7, 11) is 4.43. The molecule has 1 heterocycles. The SMILES string of the molecule is COCOCc1c(OC)oc(C(OCOC)c2ccccc2)c(OCc2ccccc2)c1=O.